The third kappa shape index (κ3) is 3.73. The summed E-state index contributed by atoms with van der Waals surface area (Å²) < 4.78 is 0. The predicted molar refractivity (Wildman–Crippen MR) is 83.0 cm³/mol. The molecule has 0 aliphatic heterocycles. The molecule has 1 atom stereocenters. The minimum atomic E-state index is -0.100. The lowest BCUT2D eigenvalue weighted by atomic mass is 9.95. The molecule has 2 aromatic carbocycles. The fourth-order valence-electron chi connectivity index (χ4n) is 2.16. The number of hydrogen-bond acceptors (Lipinski definition) is 1. The molecular weight excluding hydrogens is 277 g/mol. The molecule has 0 aliphatic rings. The van der Waals surface area contributed by atoms with E-state index in [1.165, 1.54) is 16.7 Å². The largest absolute Gasteiger partial charge is 0.324 e. The number of aryl methyl sites for hydroxylation is 2. The Morgan fingerprint density at radius 1 is 1.00 bits per heavy atom. The first kappa shape index (κ1) is 14.4. The summed E-state index contributed by atoms with van der Waals surface area (Å²) in [6.07, 6.45) is 0.782. The Bertz CT molecular complexity index is 573. The Morgan fingerprint density at radius 2 is 1.63 bits per heavy atom. The Hall–Kier alpha value is -1.02. The van der Waals surface area contributed by atoms with Crippen LogP contribution in [-0.4, -0.2) is 0 Å². The van der Waals surface area contributed by atoms with E-state index >= 15 is 0 Å². The molecule has 1 unspecified atom stereocenters. The third-order valence-corrected chi connectivity index (χ3v) is 3.69. The summed E-state index contributed by atoms with van der Waals surface area (Å²) in [5, 5.41) is 1.25. The average Bonchev–Trinajstić information content (AvgIpc) is 2.32. The van der Waals surface area contributed by atoms with Crippen LogP contribution in [-0.2, 0) is 6.42 Å². The van der Waals surface area contributed by atoms with Crippen molar-refractivity contribution in [3.05, 3.63) is 68.7 Å². The van der Waals surface area contributed by atoms with Crippen LogP contribution in [0.4, 0.5) is 0 Å². The number of hydrogen-bond donors (Lipinski definition) is 1. The van der Waals surface area contributed by atoms with Gasteiger partial charge >= 0.3 is 0 Å². The first-order valence-corrected chi connectivity index (χ1v) is 6.99. The SMILES string of the molecule is Cc1ccc(C)c(CC(N)c2cc(Cl)cc(Cl)c2)c1. The average molecular weight is 294 g/mol. The Balaban J connectivity index is 2.25. The molecular formula is C16H17Cl2N. The van der Waals surface area contributed by atoms with Gasteiger partial charge in [-0.05, 0) is 55.2 Å². The quantitative estimate of drug-likeness (QED) is 0.860. The maximum absolute atomic E-state index is 6.27. The standard InChI is InChI=1S/C16H17Cl2N/c1-10-3-4-11(2)12(5-10)8-16(19)13-6-14(17)9-15(18)7-13/h3-7,9,16H,8,19H2,1-2H3. The first-order valence-electron chi connectivity index (χ1n) is 6.23. The van der Waals surface area contributed by atoms with E-state index in [4.69, 9.17) is 28.9 Å². The zero-order valence-corrected chi connectivity index (χ0v) is 12.6. The van der Waals surface area contributed by atoms with Gasteiger partial charge in [0.1, 0.15) is 0 Å². The highest BCUT2D eigenvalue weighted by Gasteiger charge is 2.10. The smallest absolute Gasteiger partial charge is 0.0424 e. The van der Waals surface area contributed by atoms with Gasteiger partial charge in [0, 0.05) is 16.1 Å². The molecule has 0 bridgehead atoms. The highest BCUT2D eigenvalue weighted by atomic mass is 35.5. The summed E-state index contributed by atoms with van der Waals surface area (Å²) in [4.78, 5) is 0. The molecule has 0 fully saturated rings. The van der Waals surface area contributed by atoms with Crippen LogP contribution in [0.1, 0.15) is 28.3 Å². The Labute approximate surface area is 124 Å². The molecule has 0 amide bonds. The van der Waals surface area contributed by atoms with Gasteiger partial charge in [0.15, 0.2) is 0 Å². The van der Waals surface area contributed by atoms with Gasteiger partial charge in [0.2, 0.25) is 0 Å². The van der Waals surface area contributed by atoms with Crippen LogP contribution >= 0.6 is 23.2 Å². The molecule has 0 heterocycles. The number of rotatable bonds is 3. The second-order valence-corrected chi connectivity index (χ2v) is 5.82. The van der Waals surface area contributed by atoms with Crippen LogP contribution in [0.5, 0.6) is 0 Å². The zero-order valence-electron chi connectivity index (χ0n) is 11.1. The van der Waals surface area contributed by atoms with Crippen molar-refractivity contribution in [3.63, 3.8) is 0 Å². The Morgan fingerprint density at radius 3 is 2.26 bits per heavy atom. The summed E-state index contributed by atoms with van der Waals surface area (Å²) in [6, 6.07) is 11.8. The van der Waals surface area contributed by atoms with Crippen molar-refractivity contribution in [2.75, 3.05) is 0 Å². The third-order valence-electron chi connectivity index (χ3n) is 3.26. The molecule has 2 N–H and O–H groups in total. The molecule has 0 aromatic heterocycles. The number of nitrogens with two attached hydrogens (primary N) is 1. The molecule has 0 radical (unpaired) electrons. The van der Waals surface area contributed by atoms with E-state index in [-0.39, 0.29) is 6.04 Å². The lowest BCUT2D eigenvalue weighted by Gasteiger charge is -2.15. The van der Waals surface area contributed by atoms with E-state index in [9.17, 15) is 0 Å². The fourth-order valence-corrected chi connectivity index (χ4v) is 2.71. The lowest BCUT2D eigenvalue weighted by Crippen LogP contribution is -2.14. The van der Waals surface area contributed by atoms with Gasteiger partial charge in [-0.25, -0.2) is 0 Å². The van der Waals surface area contributed by atoms with Crippen molar-refractivity contribution in [2.24, 2.45) is 5.73 Å². The van der Waals surface area contributed by atoms with E-state index in [1.807, 2.05) is 12.1 Å². The van der Waals surface area contributed by atoms with Gasteiger partial charge in [0.25, 0.3) is 0 Å². The van der Waals surface area contributed by atoms with Crippen LogP contribution in [0.15, 0.2) is 36.4 Å². The topological polar surface area (TPSA) is 26.0 Å². The molecule has 0 saturated heterocycles. The second kappa shape index (κ2) is 5.96. The molecule has 19 heavy (non-hydrogen) atoms. The van der Waals surface area contributed by atoms with Gasteiger partial charge in [-0.1, -0.05) is 47.0 Å². The summed E-state index contributed by atoms with van der Waals surface area (Å²) in [5.74, 6) is 0. The summed E-state index contributed by atoms with van der Waals surface area (Å²) in [5.41, 5.74) is 11.0. The molecule has 100 valence electrons. The maximum atomic E-state index is 6.27. The van der Waals surface area contributed by atoms with Gasteiger partial charge in [-0.15, -0.1) is 0 Å². The van der Waals surface area contributed by atoms with E-state index in [0.717, 1.165) is 12.0 Å². The fraction of sp³-hybridized carbons (Fsp3) is 0.250. The summed E-state index contributed by atoms with van der Waals surface area (Å²) >= 11 is 12.0. The van der Waals surface area contributed by atoms with Gasteiger partial charge in [-0.3, -0.25) is 0 Å². The van der Waals surface area contributed by atoms with Gasteiger partial charge in [-0.2, -0.15) is 0 Å². The van der Waals surface area contributed by atoms with Gasteiger partial charge < -0.3 is 5.73 Å². The zero-order chi connectivity index (χ0) is 14.0. The van der Waals surface area contributed by atoms with E-state index < -0.39 is 0 Å². The van der Waals surface area contributed by atoms with E-state index in [0.29, 0.717) is 10.0 Å². The lowest BCUT2D eigenvalue weighted by molar-refractivity contribution is 0.718. The van der Waals surface area contributed by atoms with Crippen LogP contribution in [0, 0.1) is 13.8 Å². The predicted octanol–water partition coefficient (Wildman–Crippen LogP) is 4.85. The molecule has 2 rings (SSSR count). The molecule has 0 spiro atoms. The number of halogens is 2. The van der Waals surface area contributed by atoms with Crippen molar-refractivity contribution in [1.82, 2.24) is 0 Å². The molecule has 0 saturated carbocycles. The first-order chi connectivity index (χ1) is 8.95. The van der Waals surface area contributed by atoms with Crippen molar-refractivity contribution < 1.29 is 0 Å². The molecule has 1 nitrogen and oxygen atoms in total. The summed E-state index contributed by atoms with van der Waals surface area (Å²) in [7, 11) is 0. The van der Waals surface area contributed by atoms with Crippen molar-refractivity contribution >= 4 is 23.2 Å². The minimum absolute atomic E-state index is 0.100. The van der Waals surface area contributed by atoms with Crippen molar-refractivity contribution in [3.8, 4) is 0 Å². The second-order valence-electron chi connectivity index (χ2n) is 4.94. The highest BCUT2D eigenvalue weighted by Crippen LogP contribution is 2.25. The molecule has 3 heteroatoms. The molecule has 0 aliphatic carbocycles. The monoisotopic (exact) mass is 293 g/mol. The van der Waals surface area contributed by atoms with Crippen LogP contribution in [0.3, 0.4) is 0 Å². The van der Waals surface area contributed by atoms with Crippen LogP contribution < -0.4 is 5.73 Å². The Kier molecular flexibility index (Phi) is 4.51. The van der Waals surface area contributed by atoms with Crippen LogP contribution in [0.25, 0.3) is 0 Å². The maximum Gasteiger partial charge on any atom is 0.0424 e. The molecule has 2 aromatic rings. The number of benzene rings is 2. The van der Waals surface area contributed by atoms with Crippen LogP contribution in [0.2, 0.25) is 10.0 Å². The van der Waals surface area contributed by atoms with E-state index in [2.05, 4.69) is 32.0 Å². The van der Waals surface area contributed by atoms with E-state index in [1.54, 1.807) is 6.07 Å². The van der Waals surface area contributed by atoms with Crippen molar-refractivity contribution in [1.29, 1.82) is 0 Å². The highest BCUT2D eigenvalue weighted by molar-refractivity contribution is 6.34. The van der Waals surface area contributed by atoms with Crippen molar-refractivity contribution in [2.45, 2.75) is 26.3 Å². The summed E-state index contributed by atoms with van der Waals surface area (Å²) in [6.45, 7) is 4.19. The minimum Gasteiger partial charge on any atom is -0.324 e. The normalized spacial score (nSPS) is 12.5. The van der Waals surface area contributed by atoms with Gasteiger partial charge in [0.05, 0.1) is 0 Å².